The van der Waals surface area contributed by atoms with Gasteiger partial charge in [0.2, 0.25) is 5.13 Å². The summed E-state index contributed by atoms with van der Waals surface area (Å²) in [5, 5.41) is 2.64. The molecule has 7 nitrogen and oxygen atoms in total. The summed E-state index contributed by atoms with van der Waals surface area (Å²) in [6.07, 6.45) is -0.612. The van der Waals surface area contributed by atoms with Crippen LogP contribution in [0.15, 0.2) is 0 Å². The Balaban J connectivity index is 2.65. The van der Waals surface area contributed by atoms with Crippen LogP contribution in [-0.2, 0) is 14.3 Å². The molecule has 0 bridgehead atoms. The quantitative estimate of drug-likeness (QED) is 0.670. The fraction of sp³-hybridized carbons (Fsp3) is 0.500. The Hall–Kier alpha value is -1.22. The van der Waals surface area contributed by atoms with Crippen LogP contribution in [0.5, 0.6) is 0 Å². The van der Waals surface area contributed by atoms with Crippen molar-refractivity contribution in [3.05, 3.63) is 5.82 Å². The van der Waals surface area contributed by atoms with Crippen molar-refractivity contribution in [1.82, 2.24) is 9.36 Å². The number of hydrogen-bond acceptors (Lipinski definition) is 7. The molecule has 0 radical (unpaired) electrons. The van der Waals surface area contributed by atoms with Crippen molar-refractivity contribution < 1.29 is 19.1 Å². The highest BCUT2D eigenvalue weighted by molar-refractivity contribution is 9.09. The van der Waals surface area contributed by atoms with Gasteiger partial charge in [0.25, 0.3) is 0 Å². The predicted molar refractivity (Wildman–Crippen MR) is 64.2 cm³/mol. The minimum atomic E-state index is -0.749. The number of carbonyl (C=O) groups excluding carboxylic acids is 2. The normalized spacial score (nSPS) is 11.7. The maximum absolute atomic E-state index is 11.2. The van der Waals surface area contributed by atoms with E-state index in [0.717, 1.165) is 11.5 Å². The van der Waals surface area contributed by atoms with Crippen LogP contribution >= 0.6 is 27.5 Å². The second-order valence-corrected chi connectivity index (χ2v) is 4.36. The van der Waals surface area contributed by atoms with E-state index in [1.165, 1.54) is 7.11 Å². The molecule has 1 amide bonds. The Morgan fingerprint density at radius 1 is 1.59 bits per heavy atom. The van der Waals surface area contributed by atoms with E-state index < -0.39 is 16.9 Å². The summed E-state index contributed by atoms with van der Waals surface area (Å²) in [5.41, 5.74) is 0. The molecule has 1 N–H and O–H groups in total. The molecule has 1 heterocycles. The van der Waals surface area contributed by atoms with Gasteiger partial charge >= 0.3 is 12.1 Å². The number of nitrogens with zero attached hydrogens (tertiary/aromatic N) is 2. The number of halogens is 1. The van der Waals surface area contributed by atoms with E-state index in [1.54, 1.807) is 6.92 Å². The van der Waals surface area contributed by atoms with E-state index in [2.05, 4.69) is 40.1 Å². The average Bonchev–Trinajstić information content (AvgIpc) is 2.75. The third kappa shape index (κ3) is 3.93. The Morgan fingerprint density at radius 3 is 2.88 bits per heavy atom. The summed E-state index contributed by atoms with van der Waals surface area (Å²) in [7, 11) is 1.26. The van der Waals surface area contributed by atoms with Gasteiger partial charge in [-0.15, -0.1) is 0 Å². The van der Waals surface area contributed by atoms with Crippen LogP contribution in [0.2, 0.25) is 0 Å². The molecule has 17 heavy (non-hydrogen) atoms. The average molecular weight is 324 g/mol. The van der Waals surface area contributed by atoms with Crippen LogP contribution in [0.1, 0.15) is 17.6 Å². The van der Waals surface area contributed by atoms with Crippen LogP contribution in [-0.4, -0.2) is 35.1 Å². The first-order valence-corrected chi connectivity index (χ1v) is 6.26. The number of amides is 1. The highest BCUT2D eigenvalue weighted by Gasteiger charge is 2.23. The first-order valence-electron chi connectivity index (χ1n) is 4.57. The SMILES string of the molecule is CCOC(=O)Nc1nc(C(Br)C(=O)OC)ns1. The van der Waals surface area contributed by atoms with Gasteiger partial charge in [0.05, 0.1) is 13.7 Å². The fourth-order valence-corrected chi connectivity index (χ4v) is 1.97. The Bertz CT molecular complexity index is 411. The number of methoxy groups -OCH3 is 1. The second kappa shape index (κ2) is 6.50. The Kier molecular flexibility index (Phi) is 5.29. The summed E-state index contributed by atoms with van der Waals surface area (Å²) in [5.74, 6) is -0.279. The first-order chi connectivity index (χ1) is 8.08. The molecule has 94 valence electrons. The number of alkyl halides is 1. The van der Waals surface area contributed by atoms with Gasteiger partial charge in [-0.2, -0.15) is 4.37 Å². The molecule has 1 aromatic heterocycles. The van der Waals surface area contributed by atoms with E-state index in [-0.39, 0.29) is 17.6 Å². The highest BCUT2D eigenvalue weighted by atomic mass is 79.9. The Morgan fingerprint density at radius 2 is 2.29 bits per heavy atom. The third-order valence-corrected chi connectivity index (χ3v) is 2.99. The molecule has 1 atom stereocenters. The van der Waals surface area contributed by atoms with Crippen molar-refractivity contribution in [3.63, 3.8) is 0 Å². The summed E-state index contributed by atoms with van der Waals surface area (Å²) in [6, 6.07) is 0. The minimum absolute atomic E-state index is 0.230. The van der Waals surface area contributed by atoms with E-state index in [9.17, 15) is 9.59 Å². The number of carbonyl (C=O) groups is 2. The number of esters is 1. The number of aromatic nitrogens is 2. The number of anilines is 1. The molecular formula is C8H10BrN3O4S. The van der Waals surface area contributed by atoms with Gasteiger partial charge in [0.15, 0.2) is 10.7 Å². The minimum Gasteiger partial charge on any atom is -0.468 e. The van der Waals surface area contributed by atoms with Crippen LogP contribution in [0.3, 0.4) is 0 Å². The van der Waals surface area contributed by atoms with Crippen molar-refractivity contribution in [3.8, 4) is 0 Å². The summed E-state index contributed by atoms with van der Waals surface area (Å²) < 4.78 is 13.1. The van der Waals surface area contributed by atoms with Gasteiger partial charge < -0.3 is 9.47 Å². The van der Waals surface area contributed by atoms with Gasteiger partial charge in [-0.05, 0) is 6.92 Å². The van der Waals surface area contributed by atoms with Crippen molar-refractivity contribution in [2.24, 2.45) is 0 Å². The molecule has 1 unspecified atom stereocenters. The van der Waals surface area contributed by atoms with Crippen LogP contribution in [0.25, 0.3) is 0 Å². The standard InChI is InChI=1S/C8H10BrN3O4S/c1-3-16-8(14)11-7-10-5(12-17-7)4(9)6(13)15-2/h4H,3H2,1-2H3,(H,10,11,12,14). The van der Waals surface area contributed by atoms with Crippen molar-refractivity contribution in [1.29, 1.82) is 0 Å². The molecule has 0 aromatic carbocycles. The lowest BCUT2D eigenvalue weighted by Gasteiger charge is -2.02. The zero-order valence-corrected chi connectivity index (χ0v) is 11.5. The predicted octanol–water partition coefficient (Wildman–Crippen LogP) is 1.72. The second-order valence-electron chi connectivity index (χ2n) is 2.69. The van der Waals surface area contributed by atoms with Gasteiger partial charge in [0, 0.05) is 11.5 Å². The highest BCUT2D eigenvalue weighted by Crippen LogP contribution is 2.24. The Labute approximate surface area is 110 Å². The van der Waals surface area contributed by atoms with Crippen molar-refractivity contribution >= 4 is 44.7 Å². The van der Waals surface area contributed by atoms with E-state index >= 15 is 0 Å². The van der Waals surface area contributed by atoms with Gasteiger partial charge in [-0.1, -0.05) is 15.9 Å². The van der Waals surface area contributed by atoms with E-state index in [4.69, 9.17) is 0 Å². The van der Waals surface area contributed by atoms with Crippen LogP contribution in [0, 0.1) is 0 Å². The molecule has 0 aliphatic rings. The lowest BCUT2D eigenvalue weighted by atomic mass is 10.4. The molecule has 0 aliphatic carbocycles. The molecule has 1 aromatic rings. The topological polar surface area (TPSA) is 90.4 Å². The number of rotatable bonds is 4. The molecule has 0 aliphatic heterocycles. The van der Waals surface area contributed by atoms with Crippen molar-refractivity contribution in [2.45, 2.75) is 11.8 Å². The van der Waals surface area contributed by atoms with Gasteiger partial charge in [0.1, 0.15) is 0 Å². The zero-order valence-electron chi connectivity index (χ0n) is 9.10. The summed E-state index contributed by atoms with van der Waals surface area (Å²) in [4.78, 5) is 25.5. The number of nitrogens with one attached hydrogen (secondary N) is 1. The molecule has 0 saturated heterocycles. The van der Waals surface area contributed by atoms with E-state index in [0.29, 0.717) is 0 Å². The van der Waals surface area contributed by atoms with Crippen molar-refractivity contribution in [2.75, 3.05) is 19.0 Å². The monoisotopic (exact) mass is 323 g/mol. The van der Waals surface area contributed by atoms with Crippen LogP contribution < -0.4 is 5.32 Å². The fourth-order valence-electron chi connectivity index (χ4n) is 0.852. The maximum Gasteiger partial charge on any atom is 0.413 e. The number of ether oxygens (including phenoxy) is 2. The smallest absolute Gasteiger partial charge is 0.413 e. The molecule has 0 fully saturated rings. The molecule has 0 saturated carbocycles. The molecular weight excluding hydrogens is 314 g/mol. The van der Waals surface area contributed by atoms with Gasteiger partial charge in [-0.3, -0.25) is 10.1 Å². The lowest BCUT2D eigenvalue weighted by molar-refractivity contribution is -0.140. The molecule has 9 heteroatoms. The van der Waals surface area contributed by atoms with E-state index in [1.807, 2.05) is 0 Å². The summed E-state index contributed by atoms with van der Waals surface area (Å²) >= 11 is 4.03. The molecule has 0 spiro atoms. The largest absolute Gasteiger partial charge is 0.468 e. The lowest BCUT2D eigenvalue weighted by Crippen LogP contribution is -2.13. The molecule has 1 rings (SSSR count). The number of hydrogen-bond donors (Lipinski definition) is 1. The van der Waals surface area contributed by atoms with Crippen LogP contribution in [0.4, 0.5) is 9.93 Å². The maximum atomic E-state index is 11.2. The third-order valence-electron chi connectivity index (χ3n) is 1.56. The van der Waals surface area contributed by atoms with Gasteiger partial charge in [-0.25, -0.2) is 9.78 Å². The first kappa shape index (κ1) is 13.8. The zero-order chi connectivity index (χ0) is 12.8. The summed E-state index contributed by atoms with van der Waals surface area (Å²) in [6.45, 7) is 1.96.